The molecule has 0 fully saturated rings. The van der Waals surface area contributed by atoms with Crippen molar-refractivity contribution in [1.82, 2.24) is 0 Å². The highest BCUT2D eigenvalue weighted by Gasteiger charge is 2.11. The van der Waals surface area contributed by atoms with Gasteiger partial charge in [0.15, 0.2) is 0 Å². The Morgan fingerprint density at radius 2 is 0.760 bits per heavy atom. The minimum absolute atomic E-state index is 0.0302. The van der Waals surface area contributed by atoms with Crippen LogP contribution in [0.3, 0.4) is 0 Å². The smallest absolute Gasteiger partial charge is 0.306 e. The van der Waals surface area contributed by atoms with Gasteiger partial charge in [-0.3, -0.25) is 9.59 Å². The molecule has 0 aliphatic rings. The fourth-order valence-corrected chi connectivity index (χ4v) is 7.10. The van der Waals surface area contributed by atoms with E-state index < -0.39 is 5.97 Å². The minimum atomic E-state index is -0.696. The molecule has 0 saturated carbocycles. The molecule has 0 aromatic rings. The number of unbranched alkanes of at least 4 members (excludes halogenated alkanes) is 33. The van der Waals surface area contributed by atoms with Crippen LogP contribution in [0.15, 0.2) is 12.2 Å². The predicted octanol–water partition coefficient (Wildman–Crippen LogP) is 15.8. The third kappa shape index (κ3) is 41.1. The largest absolute Gasteiger partial charge is 0.481 e. The van der Waals surface area contributed by atoms with Crippen LogP contribution < -0.4 is 0 Å². The molecular formula is C46H88O4. The summed E-state index contributed by atoms with van der Waals surface area (Å²) in [5.41, 5.74) is 0. The van der Waals surface area contributed by atoms with Crippen molar-refractivity contribution in [2.45, 2.75) is 270 Å². The number of hydrogen-bond donors (Lipinski definition) is 1. The van der Waals surface area contributed by atoms with E-state index in [0.29, 0.717) is 6.42 Å². The standard InChI is InChI=1S/C46H88O4/c1-3-5-7-9-11-13-14-15-16-17-18-19-20-21-22-23-24-25-27-29-35-39-43-46(49)50-44(40-36-32-28-26-12-10-8-6-4-2)41-37-33-30-31-34-38-42-45(47)48/h36,40,44H,3-35,37-39,41-43H2,1-2H3,(H,47,48)/b40-36-. The summed E-state index contributed by atoms with van der Waals surface area (Å²) in [6.07, 6.45) is 52.7. The molecule has 4 heteroatoms. The maximum atomic E-state index is 12.7. The van der Waals surface area contributed by atoms with Crippen LogP contribution in [-0.2, 0) is 14.3 Å². The van der Waals surface area contributed by atoms with E-state index in [-0.39, 0.29) is 18.5 Å². The first kappa shape index (κ1) is 48.7. The molecule has 0 aliphatic carbocycles. The Morgan fingerprint density at radius 1 is 0.440 bits per heavy atom. The number of hydrogen-bond acceptors (Lipinski definition) is 3. The highest BCUT2D eigenvalue weighted by molar-refractivity contribution is 5.69. The number of esters is 1. The average molecular weight is 705 g/mol. The van der Waals surface area contributed by atoms with Gasteiger partial charge >= 0.3 is 11.9 Å². The molecule has 296 valence electrons. The summed E-state index contributed by atoms with van der Waals surface area (Å²) in [4.78, 5) is 23.4. The van der Waals surface area contributed by atoms with Gasteiger partial charge in [-0.1, -0.05) is 219 Å². The summed E-state index contributed by atoms with van der Waals surface area (Å²) >= 11 is 0. The van der Waals surface area contributed by atoms with Crippen LogP contribution in [0.4, 0.5) is 0 Å². The van der Waals surface area contributed by atoms with Gasteiger partial charge in [-0.15, -0.1) is 0 Å². The van der Waals surface area contributed by atoms with Gasteiger partial charge in [0.1, 0.15) is 6.10 Å². The Labute approximate surface area is 313 Å². The van der Waals surface area contributed by atoms with Crippen LogP contribution in [-0.4, -0.2) is 23.1 Å². The molecular weight excluding hydrogens is 617 g/mol. The van der Waals surface area contributed by atoms with Crippen molar-refractivity contribution in [3.05, 3.63) is 12.2 Å². The number of allylic oxidation sites excluding steroid dienone is 1. The minimum Gasteiger partial charge on any atom is -0.481 e. The lowest BCUT2D eigenvalue weighted by atomic mass is 10.0. The molecule has 1 unspecified atom stereocenters. The zero-order chi connectivity index (χ0) is 36.4. The SMILES string of the molecule is CCCCCCCCC/C=C\C(CCCCCCCCC(=O)O)OC(=O)CCCCCCCCCCCCCCCCCCCCCCCC. The molecule has 0 bridgehead atoms. The quantitative estimate of drug-likeness (QED) is 0.0390. The number of carbonyl (C=O) groups excluding carboxylic acids is 1. The lowest BCUT2D eigenvalue weighted by Gasteiger charge is -2.15. The monoisotopic (exact) mass is 705 g/mol. The number of carbonyl (C=O) groups is 2. The molecule has 4 nitrogen and oxygen atoms in total. The zero-order valence-electron chi connectivity index (χ0n) is 34.0. The first-order valence-corrected chi connectivity index (χ1v) is 22.7. The Morgan fingerprint density at radius 3 is 1.14 bits per heavy atom. The van der Waals surface area contributed by atoms with E-state index in [1.54, 1.807) is 0 Å². The van der Waals surface area contributed by atoms with Gasteiger partial charge in [0, 0.05) is 12.8 Å². The van der Waals surface area contributed by atoms with Crippen LogP contribution in [0, 0.1) is 0 Å². The van der Waals surface area contributed by atoms with Crippen LogP contribution in [0.1, 0.15) is 264 Å². The van der Waals surface area contributed by atoms with E-state index in [1.807, 2.05) is 0 Å². The second-order valence-electron chi connectivity index (χ2n) is 15.6. The van der Waals surface area contributed by atoms with Gasteiger partial charge in [-0.05, 0) is 44.6 Å². The van der Waals surface area contributed by atoms with E-state index in [0.717, 1.165) is 64.2 Å². The van der Waals surface area contributed by atoms with Crippen LogP contribution in [0.2, 0.25) is 0 Å². The van der Waals surface area contributed by atoms with Gasteiger partial charge < -0.3 is 9.84 Å². The second-order valence-corrected chi connectivity index (χ2v) is 15.6. The van der Waals surface area contributed by atoms with Crippen molar-refractivity contribution in [3.63, 3.8) is 0 Å². The Balaban J connectivity index is 3.85. The molecule has 0 aromatic heterocycles. The van der Waals surface area contributed by atoms with Gasteiger partial charge in [-0.2, -0.15) is 0 Å². The van der Waals surface area contributed by atoms with Crippen LogP contribution in [0.25, 0.3) is 0 Å². The summed E-state index contributed by atoms with van der Waals surface area (Å²) in [5, 5.41) is 8.79. The number of carboxylic acid groups (broad SMARTS) is 1. The first-order valence-electron chi connectivity index (χ1n) is 22.7. The third-order valence-electron chi connectivity index (χ3n) is 10.5. The lowest BCUT2D eigenvalue weighted by Crippen LogP contribution is -2.16. The molecule has 0 spiro atoms. The summed E-state index contributed by atoms with van der Waals surface area (Å²) < 4.78 is 5.95. The molecule has 0 amide bonds. The fourth-order valence-electron chi connectivity index (χ4n) is 7.10. The summed E-state index contributed by atoms with van der Waals surface area (Å²) in [7, 11) is 0. The average Bonchev–Trinajstić information content (AvgIpc) is 3.10. The number of aliphatic carboxylic acids is 1. The molecule has 0 heterocycles. The van der Waals surface area contributed by atoms with Gasteiger partial charge in [0.25, 0.3) is 0 Å². The summed E-state index contributed by atoms with van der Waals surface area (Å²) in [5.74, 6) is -0.726. The van der Waals surface area contributed by atoms with Crippen molar-refractivity contribution in [2.24, 2.45) is 0 Å². The predicted molar refractivity (Wildman–Crippen MR) is 218 cm³/mol. The summed E-state index contributed by atoms with van der Waals surface area (Å²) in [6.45, 7) is 4.56. The molecule has 0 rings (SSSR count). The fraction of sp³-hybridized carbons (Fsp3) is 0.913. The van der Waals surface area contributed by atoms with E-state index in [1.165, 1.54) is 173 Å². The Hall–Kier alpha value is -1.32. The normalized spacial score (nSPS) is 12.2. The highest BCUT2D eigenvalue weighted by Crippen LogP contribution is 2.17. The van der Waals surface area contributed by atoms with Gasteiger partial charge in [0.05, 0.1) is 0 Å². The van der Waals surface area contributed by atoms with Crippen molar-refractivity contribution in [2.75, 3.05) is 0 Å². The Bertz CT molecular complexity index is 717. The van der Waals surface area contributed by atoms with Crippen molar-refractivity contribution in [3.8, 4) is 0 Å². The summed E-state index contributed by atoms with van der Waals surface area (Å²) in [6, 6.07) is 0. The van der Waals surface area contributed by atoms with E-state index in [4.69, 9.17) is 9.84 Å². The zero-order valence-corrected chi connectivity index (χ0v) is 34.0. The van der Waals surface area contributed by atoms with E-state index >= 15 is 0 Å². The molecule has 0 saturated heterocycles. The van der Waals surface area contributed by atoms with Crippen LogP contribution in [0.5, 0.6) is 0 Å². The maximum Gasteiger partial charge on any atom is 0.306 e. The van der Waals surface area contributed by atoms with Crippen molar-refractivity contribution >= 4 is 11.9 Å². The first-order chi connectivity index (χ1) is 24.6. The van der Waals surface area contributed by atoms with E-state index in [9.17, 15) is 9.59 Å². The van der Waals surface area contributed by atoms with E-state index in [2.05, 4.69) is 26.0 Å². The number of rotatable bonds is 42. The van der Waals surface area contributed by atoms with Gasteiger partial charge in [-0.25, -0.2) is 0 Å². The molecule has 0 aromatic carbocycles. The highest BCUT2D eigenvalue weighted by atomic mass is 16.5. The molecule has 1 atom stereocenters. The maximum absolute atomic E-state index is 12.7. The van der Waals surface area contributed by atoms with Crippen LogP contribution >= 0.6 is 0 Å². The molecule has 0 radical (unpaired) electrons. The topological polar surface area (TPSA) is 63.6 Å². The molecule has 0 aliphatic heterocycles. The van der Waals surface area contributed by atoms with Crippen molar-refractivity contribution in [1.29, 1.82) is 0 Å². The molecule has 1 N–H and O–H groups in total. The molecule has 50 heavy (non-hydrogen) atoms. The number of ether oxygens (including phenoxy) is 1. The van der Waals surface area contributed by atoms with Crippen molar-refractivity contribution < 1.29 is 19.4 Å². The Kier molecular flexibility index (Phi) is 41.0. The second kappa shape index (κ2) is 42.1. The lowest BCUT2D eigenvalue weighted by molar-refractivity contribution is -0.147. The number of carboxylic acids is 1. The third-order valence-corrected chi connectivity index (χ3v) is 10.5. The van der Waals surface area contributed by atoms with Gasteiger partial charge in [0.2, 0.25) is 0 Å².